The smallest absolute Gasteiger partial charge is 0.300 e. The van der Waals surface area contributed by atoms with Crippen molar-refractivity contribution in [2.24, 2.45) is 0 Å². The number of carbonyl (C=O) groups excluding carboxylic acids is 1. The minimum atomic E-state index is -4.14. The summed E-state index contributed by atoms with van der Waals surface area (Å²) >= 11 is 0. The number of hydrogen-bond donors (Lipinski definition) is 0. The third-order valence-corrected chi connectivity index (χ3v) is 2.56. The first-order valence-corrected chi connectivity index (χ1v) is 4.67. The van der Waals surface area contributed by atoms with Crippen molar-refractivity contribution in [3.05, 3.63) is 0 Å². The lowest BCUT2D eigenvalue weighted by molar-refractivity contribution is -0.149. The van der Waals surface area contributed by atoms with E-state index in [4.69, 9.17) is 0 Å². The van der Waals surface area contributed by atoms with Crippen LogP contribution in [-0.4, -0.2) is 36.5 Å². The Hall–Kier alpha value is -0.580. The van der Waals surface area contributed by atoms with E-state index in [2.05, 4.69) is 0 Å². The fourth-order valence-electron chi connectivity index (χ4n) is 1.78. The number of ketones is 1. The predicted octanol–water partition coefficient (Wildman–Crippen LogP) is 1.99. The molecule has 82 valence electrons. The van der Waals surface area contributed by atoms with Gasteiger partial charge >= 0.3 is 6.18 Å². The standard InChI is InChI=1S/C9H14F3NO/c1-13(6-9(10,11)12)7-2-4-8(14)5-3-7/h7H,2-6H2,1H3. The van der Waals surface area contributed by atoms with Crippen LogP contribution in [0, 0.1) is 0 Å². The molecule has 0 atom stereocenters. The molecule has 0 spiro atoms. The Balaban J connectivity index is 2.38. The van der Waals surface area contributed by atoms with Crippen LogP contribution in [0.15, 0.2) is 0 Å². The molecule has 0 radical (unpaired) electrons. The average Bonchev–Trinajstić information content (AvgIpc) is 2.02. The van der Waals surface area contributed by atoms with Gasteiger partial charge in [0.05, 0.1) is 6.54 Å². The summed E-state index contributed by atoms with van der Waals surface area (Å²) in [5, 5.41) is 0. The topological polar surface area (TPSA) is 20.3 Å². The Kier molecular flexibility index (Phi) is 3.53. The first-order valence-electron chi connectivity index (χ1n) is 4.67. The Morgan fingerprint density at radius 2 is 1.86 bits per heavy atom. The lowest BCUT2D eigenvalue weighted by Crippen LogP contribution is -2.40. The van der Waals surface area contributed by atoms with Crippen molar-refractivity contribution in [2.45, 2.75) is 37.9 Å². The maximum atomic E-state index is 12.0. The molecule has 0 bridgehead atoms. The number of hydrogen-bond acceptors (Lipinski definition) is 2. The van der Waals surface area contributed by atoms with Gasteiger partial charge in [-0.25, -0.2) is 0 Å². The van der Waals surface area contributed by atoms with Crippen molar-refractivity contribution in [2.75, 3.05) is 13.6 Å². The highest BCUT2D eigenvalue weighted by Crippen LogP contribution is 2.23. The molecular formula is C9H14F3NO. The zero-order valence-electron chi connectivity index (χ0n) is 8.10. The molecule has 2 nitrogen and oxygen atoms in total. The molecule has 1 saturated carbocycles. The van der Waals surface area contributed by atoms with Gasteiger partial charge in [-0.05, 0) is 19.9 Å². The van der Waals surface area contributed by atoms with Crippen LogP contribution in [0.5, 0.6) is 0 Å². The van der Waals surface area contributed by atoms with Crippen LogP contribution in [0.25, 0.3) is 0 Å². The second kappa shape index (κ2) is 4.29. The van der Waals surface area contributed by atoms with Crippen molar-refractivity contribution in [1.29, 1.82) is 0 Å². The minimum absolute atomic E-state index is 0.0886. The van der Waals surface area contributed by atoms with Crippen LogP contribution in [-0.2, 0) is 4.79 Å². The predicted molar refractivity (Wildman–Crippen MR) is 45.9 cm³/mol. The fourth-order valence-corrected chi connectivity index (χ4v) is 1.78. The van der Waals surface area contributed by atoms with Gasteiger partial charge in [-0.15, -0.1) is 0 Å². The molecule has 0 N–H and O–H groups in total. The SMILES string of the molecule is CN(CC(F)(F)F)C1CCC(=O)CC1. The number of Topliss-reactive ketones (excluding diaryl/α,β-unsaturated/α-hetero) is 1. The zero-order valence-corrected chi connectivity index (χ0v) is 8.10. The first kappa shape index (κ1) is 11.5. The van der Waals surface area contributed by atoms with Crippen LogP contribution in [0.4, 0.5) is 13.2 Å². The molecule has 0 aromatic rings. The number of nitrogens with zero attached hydrogens (tertiary/aromatic N) is 1. The summed E-state index contributed by atoms with van der Waals surface area (Å²) in [6.45, 7) is -0.883. The molecule has 0 heterocycles. The van der Waals surface area contributed by atoms with Crippen molar-refractivity contribution in [3.63, 3.8) is 0 Å². The molecule has 1 rings (SSSR count). The fraction of sp³-hybridized carbons (Fsp3) is 0.889. The summed E-state index contributed by atoms with van der Waals surface area (Å²) < 4.78 is 36.1. The lowest BCUT2D eigenvalue weighted by atomic mass is 9.93. The molecule has 1 aliphatic rings. The Bertz CT molecular complexity index is 205. The minimum Gasteiger partial charge on any atom is -0.300 e. The van der Waals surface area contributed by atoms with Gasteiger partial charge in [-0.3, -0.25) is 9.69 Å². The van der Waals surface area contributed by atoms with Crippen molar-refractivity contribution in [3.8, 4) is 0 Å². The van der Waals surface area contributed by atoms with Gasteiger partial charge in [-0.2, -0.15) is 13.2 Å². The van der Waals surface area contributed by atoms with Gasteiger partial charge in [-0.1, -0.05) is 0 Å². The van der Waals surface area contributed by atoms with Gasteiger partial charge in [0.2, 0.25) is 0 Å². The van der Waals surface area contributed by atoms with Crippen LogP contribution in [0.2, 0.25) is 0 Å². The second-order valence-electron chi connectivity index (χ2n) is 3.80. The normalized spacial score (nSPS) is 20.5. The van der Waals surface area contributed by atoms with E-state index in [-0.39, 0.29) is 11.8 Å². The third kappa shape index (κ3) is 3.65. The van der Waals surface area contributed by atoms with Gasteiger partial charge in [0, 0.05) is 18.9 Å². The van der Waals surface area contributed by atoms with Crippen LogP contribution in [0.3, 0.4) is 0 Å². The summed E-state index contributed by atoms with van der Waals surface area (Å²) in [7, 11) is 1.47. The van der Waals surface area contributed by atoms with Gasteiger partial charge in [0.25, 0.3) is 0 Å². The van der Waals surface area contributed by atoms with Gasteiger partial charge < -0.3 is 0 Å². The van der Waals surface area contributed by atoms with E-state index in [1.807, 2.05) is 0 Å². The largest absolute Gasteiger partial charge is 0.401 e. The van der Waals surface area contributed by atoms with E-state index >= 15 is 0 Å². The Labute approximate surface area is 81.1 Å². The van der Waals surface area contributed by atoms with E-state index in [1.165, 1.54) is 11.9 Å². The maximum Gasteiger partial charge on any atom is 0.401 e. The van der Waals surface area contributed by atoms with Crippen LogP contribution >= 0.6 is 0 Å². The Morgan fingerprint density at radius 1 is 1.36 bits per heavy atom. The molecule has 0 amide bonds. The summed E-state index contributed by atoms with van der Waals surface area (Å²) in [6.07, 6.45) is -2.17. The van der Waals surface area contributed by atoms with E-state index in [0.29, 0.717) is 25.7 Å². The number of alkyl halides is 3. The summed E-state index contributed by atoms with van der Waals surface area (Å²) in [6, 6.07) is -0.0886. The van der Waals surface area contributed by atoms with Crippen molar-refractivity contribution >= 4 is 5.78 Å². The van der Waals surface area contributed by atoms with E-state index in [0.717, 1.165) is 0 Å². The average molecular weight is 209 g/mol. The maximum absolute atomic E-state index is 12.0. The van der Waals surface area contributed by atoms with Crippen molar-refractivity contribution in [1.82, 2.24) is 4.90 Å². The molecule has 5 heteroatoms. The summed E-state index contributed by atoms with van der Waals surface area (Å²) in [5.74, 6) is 0.168. The van der Waals surface area contributed by atoms with Crippen LogP contribution < -0.4 is 0 Å². The van der Waals surface area contributed by atoms with E-state index in [1.54, 1.807) is 0 Å². The molecule has 1 fully saturated rings. The molecule has 14 heavy (non-hydrogen) atoms. The molecule has 0 aliphatic heterocycles. The molecular weight excluding hydrogens is 195 g/mol. The van der Waals surface area contributed by atoms with Crippen LogP contribution in [0.1, 0.15) is 25.7 Å². The quantitative estimate of drug-likeness (QED) is 0.693. The highest BCUT2D eigenvalue weighted by molar-refractivity contribution is 5.79. The second-order valence-corrected chi connectivity index (χ2v) is 3.80. The molecule has 0 aromatic carbocycles. The molecule has 0 unspecified atom stereocenters. The van der Waals surface area contributed by atoms with Crippen molar-refractivity contribution < 1.29 is 18.0 Å². The number of halogens is 3. The zero-order chi connectivity index (χ0) is 10.8. The molecule has 0 saturated heterocycles. The molecule has 0 aromatic heterocycles. The van der Waals surface area contributed by atoms with E-state index < -0.39 is 12.7 Å². The van der Waals surface area contributed by atoms with Gasteiger partial charge in [0.15, 0.2) is 0 Å². The Morgan fingerprint density at radius 3 is 2.29 bits per heavy atom. The third-order valence-electron chi connectivity index (χ3n) is 2.56. The molecule has 1 aliphatic carbocycles. The highest BCUT2D eigenvalue weighted by atomic mass is 19.4. The number of rotatable bonds is 2. The monoisotopic (exact) mass is 209 g/mol. The van der Waals surface area contributed by atoms with Gasteiger partial charge in [0.1, 0.15) is 5.78 Å². The summed E-state index contributed by atoms with van der Waals surface area (Å²) in [4.78, 5) is 12.2. The first-order chi connectivity index (χ1) is 6.38. The highest BCUT2D eigenvalue weighted by Gasteiger charge is 2.33. The lowest BCUT2D eigenvalue weighted by Gasteiger charge is -2.31. The number of carbonyl (C=O) groups is 1. The van der Waals surface area contributed by atoms with E-state index in [9.17, 15) is 18.0 Å². The summed E-state index contributed by atoms with van der Waals surface area (Å²) in [5.41, 5.74) is 0.